The molecule has 2 aromatic heterocycles. The number of aromatic nitrogens is 4. The van der Waals surface area contributed by atoms with E-state index in [0.717, 1.165) is 5.82 Å². The van der Waals surface area contributed by atoms with E-state index in [1.54, 1.807) is 31.7 Å². The summed E-state index contributed by atoms with van der Waals surface area (Å²) in [5.74, 6) is 0.797. The number of carbonyl (C=O) groups excluding carboxylic acids is 1. The zero-order valence-electron chi connectivity index (χ0n) is 16.4. The van der Waals surface area contributed by atoms with Gasteiger partial charge in [-0.2, -0.15) is 0 Å². The smallest absolute Gasteiger partial charge is 0.354 e. The molecule has 3 rings (SSSR count). The normalized spacial score (nSPS) is 22.2. The van der Waals surface area contributed by atoms with Crippen LogP contribution in [-0.2, 0) is 23.4 Å². The van der Waals surface area contributed by atoms with E-state index in [-0.39, 0.29) is 12.0 Å². The molecule has 11 nitrogen and oxygen atoms in total. The van der Waals surface area contributed by atoms with E-state index >= 15 is 0 Å². The number of nitrogen functional groups attached to an aromatic ring is 1. The number of nitrogens with two attached hydrogens (primary N) is 1. The maximum Gasteiger partial charge on any atom is 0.354 e. The summed E-state index contributed by atoms with van der Waals surface area (Å²) in [4.78, 5) is 33.8. The summed E-state index contributed by atoms with van der Waals surface area (Å²) in [7, 11) is -4.07. The van der Waals surface area contributed by atoms with Crippen LogP contribution in [0.2, 0.25) is 0 Å². The number of esters is 1. The van der Waals surface area contributed by atoms with Gasteiger partial charge in [0, 0.05) is 5.82 Å². The summed E-state index contributed by atoms with van der Waals surface area (Å²) in [6, 6.07) is 0. The molecule has 1 aliphatic rings. The number of imidazole rings is 1. The molecule has 0 bridgehead atoms. The van der Waals surface area contributed by atoms with Gasteiger partial charge in [0.05, 0.1) is 17.8 Å². The Hall–Kier alpha value is -2.33. The molecular weight excluding hydrogens is 401 g/mol. The Morgan fingerprint density at radius 3 is 2.90 bits per heavy atom. The second-order valence-electron chi connectivity index (χ2n) is 7.62. The number of hydrogen-bond acceptors (Lipinski definition) is 9. The molecule has 29 heavy (non-hydrogen) atoms. The second-order valence-corrected chi connectivity index (χ2v) is 9.31. The molecule has 0 aliphatic carbocycles. The first-order valence-electron chi connectivity index (χ1n) is 8.99. The Balaban J connectivity index is 1.56. The molecule has 0 radical (unpaired) electrons. The fourth-order valence-electron chi connectivity index (χ4n) is 2.69. The number of ether oxygens (including phenoxy) is 2. The van der Waals surface area contributed by atoms with Gasteiger partial charge in [-0.3, -0.25) is 18.5 Å². The third-order valence-electron chi connectivity index (χ3n) is 4.26. The van der Waals surface area contributed by atoms with Crippen molar-refractivity contribution >= 4 is 30.5 Å². The highest BCUT2D eigenvalue weighted by Gasteiger charge is 2.28. The van der Waals surface area contributed by atoms with Gasteiger partial charge in [0.15, 0.2) is 11.5 Å². The van der Waals surface area contributed by atoms with Gasteiger partial charge in [-0.15, -0.1) is 0 Å². The molecule has 0 saturated carbocycles. The van der Waals surface area contributed by atoms with Crippen LogP contribution in [0.15, 0.2) is 24.5 Å². The maximum absolute atomic E-state index is 12.1. The standard InChI is InChI=1S/C17H24N5O6P/c1-17(2,3)16(23)26-10-27-29(24,25)7-6-11-4-5-12(28-11)22-9-21-13-14(18)19-8-20-15(13)22/h6-9,11-12H,4-5,10H2,1-3H3,(H,24,25)(H2,18,19,20)/b7-6+/t11?,12-/m1/s1. The highest BCUT2D eigenvalue weighted by Crippen LogP contribution is 2.44. The van der Waals surface area contributed by atoms with Crippen LogP contribution in [0.3, 0.4) is 0 Å². The molecule has 2 aromatic rings. The van der Waals surface area contributed by atoms with Crippen LogP contribution in [0, 0.1) is 5.41 Å². The van der Waals surface area contributed by atoms with Crippen molar-refractivity contribution in [3.8, 4) is 0 Å². The van der Waals surface area contributed by atoms with Crippen LogP contribution in [0.1, 0.15) is 39.8 Å². The van der Waals surface area contributed by atoms with Gasteiger partial charge in [-0.1, -0.05) is 0 Å². The molecule has 0 spiro atoms. The van der Waals surface area contributed by atoms with Crippen molar-refractivity contribution in [2.24, 2.45) is 5.41 Å². The highest BCUT2D eigenvalue weighted by atomic mass is 31.2. The maximum atomic E-state index is 12.1. The molecule has 1 aliphatic heterocycles. The summed E-state index contributed by atoms with van der Waals surface area (Å²) in [5.41, 5.74) is 6.12. The first kappa shape index (κ1) is 21.4. The van der Waals surface area contributed by atoms with E-state index in [9.17, 15) is 14.3 Å². The zero-order chi connectivity index (χ0) is 21.2. The van der Waals surface area contributed by atoms with E-state index in [1.165, 1.54) is 12.4 Å². The quantitative estimate of drug-likeness (QED) is 0.401. The van der Waals surface area contributed by atoms with Gasteiger partial charge in [0.1, 0.15) is 18.1 Å². The van der Waals surface area contributed by atoms with Gasteiger partial charge < -0.3 is 20.1 Å². The van der Waals surface area contributed by atoms with E-state index < -0.39 is 31.9 Å². The summed E-state index contributed by atoms with van der Waals surface area (Å²) in [6.45, 7) is 4.41. The van der Waals surface area contributed by atoms with Gasteiger partial charge in [0.2, 0.25) is 6.79 Å². The number of anilines is 1. The van der Waals surface area contributed by atoms with Crippen molar-refractivity contribution in [3.05, 3.63) is 24.5 Å². The lowest BCUT2D eigenvalue weighted by Crippen LogP contribution is -2.23. The molecule has 0 amide bonds. The number of rotatable bonds is 6. The third-order valence-corrected chi connectivity index (χ3v) is 5.28. The fraction of sp³-hybridized carbons (Fsp3) is 0.529. The van der Waals surface area contributed by atoms with Crippen molar-refractivity contribution in [1.82, 2.24) is 19.5 Å². The summed E-state index contributed by atoms with van der Waals surface area (Å²) in [5, 5.41) is 0. The van der Waals surface area contributed by atoms with Crippen molar-refractivity contribution < 1.29 is 28.3 Å². The summed E-state index contributed by atoms with van der Waals surface area (Å²) >= 11 is 0. The fourth-order valence-corrected chi connectivity index (χ4v) is 3.39. The molecular formula is C17H24N5O6P. The summed E-state index contributed by atoms with van der Waals surface area (Å²) in [6.07, 6.45) is 4.96. The molecule has 12 heteroatoms. The van der Waals surface area contributed by atoms with Crippen molar-refractivity contribution in [1.29, 1.82) is 0 Å². The van der Waals surface area contributed by atoms with Crippen LogP contribution in [0.5, 0.6) is 0 Å². The van der Waals surface area contributed by atoms with Crippen molar-refractivity contribution in [3.63, 3.8) is 0 Å². The minimum atomic E-state index is -4.07. The SMILES string of the molecule is CC(C)(C)C(=O)OCOP(=O)(O)/C=C/C1CC[C@H](n2cnc3c(N)ncnc32)O1. The lowest BCUT2D eigenvalue weighted by Gasteiger charge is -2.17. The Morgan fingerprint density at radius 1 is 1.41 bits per heavy atom. The minimum Gasteiger partial charge on any atom is -0.438 e. The van der Waals surface area contributed by atoms with E-state index in [0.29, 0.717) is 24.0 Å². The predicted octanol–water partition coefficient (Wildman–Crippen LogP) is 2.35. The second kappa shape index (κ2) is 8.19. The zero-order valence-corrected chi connectivity index (χ0v) is 17.3. The number of fused-ring (bicyclic) bond motifs is 1. The van der Waals surface area contributed by atoms with Crippen LogP contribution in [0.4, 0.5) is 5.82 Å². The number of nitrogens with zero attached hydrogens (tertiary/aromatic N) is 4. The van der Waals surface area contributed by atoms with Gasteiger partial charge >= 0.3 is 13.6 Å². The largest absolute Gasteiger partial charge is 0.438 e. The van der Waals surface area contributed by atoms with Crippen LogP contribution >= 0.6 is 7.60 Å². The molecule has 158 valence electrons. The minimum absolute atomic E-state index is 0.286. The first-order chi connectivity index (χ1) is 13.6. The monoisotopic (exact) mass is 425 g/mol. The Kier molecular flexibility index (Phi) is 6.04. The van der Waals surface area contributed by atoms with E-state index in [4.69, 9.17) is 19.7 Å². The molecule has 3 atom stereocenters. The Morgan fingerprint density at radius 2 is 2.17 bits per heavy atom. The predicted molar refractivity (Wildman–Crippen MR) is 103 cm³/mol. The van der Waals surface area contributed by atoms with Crippen molar-refractivity contribution in [2.75, 3.05) is 12.5 Å². The van der Waals surface area contributed by atoms with Gasteiger partial charge in [0.25, 0.3) is 0 Å². The molecule has 3 heterocycles. The van der Waals surface area contributed by atoms with Crippen LogP contribution in [0.25, 0.3) is 11.2 Å². The topological polar surface area (TPSA) is 152 Å². The average Bonchev–Trinajstić information content (AvgIpc) is 3.26. The van der Waals surface area contributed by atoms with E-state index in [1.807, 2.05) is 0 Å². The van der Waals surface area contributed by atoms with Gasteiger partial charge in [-0.05, 0) is 39.7 Å². The Labute approximate surface area is 167 Å². The lowest BCUT2D eigenvalue weighted by molar-refractivity contribution is -0.159. The molecule has 1 saturated heterocycles. The molecule has 0 aromatic carbocycles. The summed E-state index contributed by atoms with van der Waals surface area (Å²) < 4.78 is 29.4. The highest BCUT2D eigenvalue weighted by molar-refractivity contribution is 7.56. The van der Waals surface area contributed by atoms with Gasteiger partial charge in [-0.25, -0.2) is 15.0 Å². The van der Waals surface area contributed by atoms with Crippen LogP contribution in [-0.4, -0.2) is 43.3 Å². The lowest BCUT2D eigenvalue weighted by atomic mass is 9.98. The first-order valence-corrected chi connectivity index (χ1v) is 10.6. The Bertz CT molecular complexity index is 969. The molecule has 1 fully saturated rings. The van der Waals surface area contributed by atoms with Crippen molar-refractivity contribution in [2.45, 2.75) is 45.9 Å². The van der Waals surface area contributed by atoms with Crippen LogP contribution < -0.4 is 5.73 Å². The molecule has 3 N–H and O–H groups in total. The van der Waals surface area contributed by atoms with E-state index in [2.05, 4.69) is 15.0 Å². The number of carbonyl (C=O) groups is 1. The molecule has 2 unspecified atom stereocenters. The average molecular weight is 425 g/mol. The third kappa shape index (κ3) is 5.18. The number of hydrogen-bond donors (Lipinski definition) is 2.